The molecule has 0 aromatic carbocycles. The summed E-state index contributed by atoms with van der Waals surface area (Å²) >= 11 is 1.71. The van der Waals surface area contributed by atoms with E-state index in [1.165, 1.54) is 42.7 Å². The van der Waals surface area contributed by atoms with Gasteiger partial charge in [0, 0.05) is 4.88 Å². The molecule has 2 heteroatoms. The summed E-state index contributed by atoms with van der Waals surface area (Å²) in [4.78, 5) is 1.52. The molecule has 0 amide bonds. The Hall–Kier alpha value is -0.370. The summed E-state index contributed by atoms with van der Waals surface area (Å²) in [7, 11) is 0. The normalized spacial score (nSPS) is 19.8. The average Bonchev–Trinajstić information content (AvgIpc) is 2.54. The lowest BCUT2D eigenvalue weighted by Gasteiger charge is -2.19. The maximum absolute atomic E-state index is 4.33. The van der Waals surface area contributed by atoms with Crippen molar-refractivity contribution in [3.63, 3.8) is 0 Å². The lowest BCUT2D eigenvalue weighted by atomic mass is 9.88. The van der Waals surface area contributed by atoms with E-state index < -0.39 is 0 Å². The molecule has 1 aliphatic carbocycles. The van der Waals surface area contributed by atoms with Gasteiger partial charge in [-0.1, -0.05) is 19.3 Å². The smallest absolute Gasteiger partial charge is 0.0514 e. The van der Waals surface area contributed by atoms with Gasteiger partial charge >= 0.3 is 0 Å². The van der Waals surface area contributed by atoms with Crippen LogP contribution in [0.4, 0.5) is 0 Å². The molecule has 0 aliphatic heterocycles. The lowest BCUT2D eigenvalue weighted by Crippen LogP contribution is -2.02. The molecular formula is C10H15NS. The average molecular weight is 181 g/mol. The Morgan fingerprint density at radius 1 is 1.33 bits per heavy atom. The van der Waals surface area contributed by atoms with Crippen LogP contribution in [0.5, 0.6) is 0 Å². The molecule has 1 aromatic rings. The number of nitrogens with zero attached hydrogens (tertiary/aromatic N) is 1. The molecule has 0 bridgehead atoms. The molecule has 2 rings (SSSR count). The van der Waals surface area contributed by atoms with Crippen LogP contribution in [0.15, 0.2) is 6.07 Å². The van der Waals surface area contributed by atoms with Gasteiger partial charge in [-0.3, -0.25) is 0 Å². The molecule has 1 aromatic heterocycles. The van der Waals surface area contributed by atoms with Crippen LogP contribution in [0, 0.1) is 6.92 Å². The van der Waals surface area contributed by atoms with Gasteiger partial charge < -0.3 is 0 Å². The molecule has 66 valence electrons. The highest BCUT2D eigenvalue weighted by Gasteiger charge is 2.16. The third kappa shape index (κ3) is 1.69. The summed E-state index contributed by atoms with van der Waals surface area (Å²) < 4.78 is 4.33. The van der Waals surface area contributed by atoms with Gasteiger partial charge in [-0.05, 0) is 43.3 Å². The molecule has 1 aliphatic rings. The molecule has 0 saturated heterocycles. The van der Waals surface area contributed by atoms with E-state index in [0.29, 0.717) is 0 Å². The predicted octanol–water partition coefficient (Wildman–Crippen LogP) is 3.50. The van der Waals surface area contributed by atoms with Gasteiger partial charge in [0.1, 0.15) is 0 Å². The first-order chi connectivity index (χ1) is 5.86. The van der Waals surface area contributed by atoms with E-state index >= 15 is 0 Å². The molecule has 0 N–H and O–H groups in total. The van der Waals surface area contributed by atoms with Crippen LogP contribution in [0.25, 0.3) is 0 Å². The van der Waals surface area contributed by atoms with Crippen LogP contribution in [-0.4, -0.2) is 4.37 Å². The number of hydrogen-bond acceptors (Lipinski definition) is 2. The second kappa shape index (κ2) is 3.56. The van der Waals surface area contributed by atoms with Crippen molar-refractivity contribution in [2.45, 2.75) is 44.9 Å². The predicted molar refractivity (Wildman–Crippen MR) is 52.7 cm³/mol. The largest absolute Gasteiger partial charge is 0.198 e. The van der Waals surface area contributed by atoms with Gasteiger partial charge in [-0.25, -0.2) is 0 Å². The third-order valence-corrected chi connectivity index (χ3v) is 3.70. The Kier molecular flexibility index (Phi) is 2.45. The van der Waals surface area contributed by atoms with E-state index in [0.717, 1.165) is 5.92 Å². The fourth-order valence-electron chi connectivity index (χ4n) is 1.96. The summed E-state index contributed by atoms with van der Waals surface area (Å²) in [5, 5.41) is 0. The maximum Gasteiger partial charge on any atom is 0.0514 e. The van der Waals surface area contributed by atoms with Crippen molar-refractivity contribution in [1.82, 2.24) is 4.37 Å². The van der Waals surface area contributed by atoms with Crippen molar-refractivity contribution in [1.29, 1.82) is 0 Å². The number of rotatable bonds is 1. The van der Waals surface area contributed by atoms with Crippen LogP contribution < -0.4 is 0 Å². The topological polar surface area (TPSA) is 12.9 Å². The minimum absolute atomic E-state index is 0.838. The Morgan fingerprint density at radius 3 is 2.67 bits per heavy atom. The first-order valence-electron chi connectivity index (χ1n) is 4.79. The van der Waals surface area contributed by atoms with Crippen molar-refractivity contribution in [2.75, 3.05) is 0 Å². The summed E-state index contributed by atoms with van der Waals surface area (Å²) in [6.45, 7) is 2.09. The fourth-order valence-corrected chi connectivity index (χ4v) is 2.87. The van der Waals surface area contributed by atoms with Crippen molar-refractivity contribution in [3.05, 3.63) is 16.6 Å². The quantitative estimate of drug-likeness (QED) is 0.646. The highest BCUT2D eigenvalue weighted by Crippen LogP contribution is 2.34. The molecule has 0 unspecified atom stereocenters. The molecule has 1 fully saturated rings. The van der Waals surface area contributed by atoms with Crippen molar-refractivity contribution in [3.8, 4) is 0 Å². The summed E-state index contributed by atoms with van der Waals surface area (Å²) in [6, 6.07) is 2.26. The second-order valence-electron chi connectivity index (χ2n) is 3.71. The van der Waals surface area contributed by atoms with E-state index in [4.69, 9.17) is 0 Å². The summed E-state index contributed by atoms with van der Waals surface area (Å²) in [6.07, 6.45) is 7.06. The SMILES string of the molecule is Cc1cc(C2CCCCC2)sn1. The van der Waals surface area contributed by atoms with E-state index in [1.807, 2.05) is 0 Å². The number of hydrogen-bond donors (Lipinski definition) is 0. The monoisotopic (exact) mass is 181 g/mol. The van der Waals surface area contributed by atoms with E-state index in [1.54, 1.807) is 11.5 Å². The van der Waals surface area contributed by atoms with Crippen molar-refractivity contribution < 1.29 is 0 Å². The Balaban J connectivity index is 2.08. The first-order valence-corrected chi connectivity index (χ1v) is 5.57. The van der Waals surface area contributed by atoms with E-state index in [2.05, 4.69) is 17.4 Å². The zero-order valence-electron chi connectivity index (χ0n) is 7.55. The molecule has 1 saturated carbocycles. The fraction of sp³-hybridized carbons (Fsp3) is 0.700. The number of aryl methyl sites for hydroxylation is 1. The zero-order valence-corrected chi connectivity index (χ0v) is 8.36. The molecular weight excluding hydrogens is 166 g/mol. The van der Waals surface area contributed by atoms with Gasteiger partial charge in [-0.15, -0.1) is 0 Å². The zero-order chi connectivity index (χ0) is 8.39. The van der Waals surface area contributed by atoms with Gasteiger partial charge in [0.05, 0.1) is 5.69 Å². The highest BCUT2D eigenvalue weighted by molar-refractivity contribution is 7.05. The third-order valence-electron chi connectivity index (χ3n) is 2.65. The molecule has 1 heterocycles. The molecule has 12 heavy (non-hydrogen) atoms. The van der Waals surface area contributed by atoms with Crippen LogP contribution in [0.2, 0.25) is 0 Å². The molecule has 0 atom stereocenters. The van der Waals surface area contributed by atoms with E-state index in [-0.39, 0.29) is 0 Å². The van der Waals surface area contributed by atoms with Crippen molar-refractivity contribution >= 4 is 11.5 Å². The summed E-state index contributed by atoms with van der Waals surface area (Å²) in [5.41, 5.74) is 1.19. The maximum atomic E-state index is 4.33. The minimum Gasteiger partial charge on any atom is -0.198 e. The van der Waals surface area contributed by atoms with Gasteiger partial charge in [0.2, 0.25) is 0 Å². The van der Waals surface area contributed by atoms with Crippen LogP contribution in [0.3, 0.4) is 0 Å². The standard InChI is InChI=1S/C10H15NS/c1-8-7-10(12-11-8)9-5-3-2-4-6-9/h7,9H,2-6H2,1H3. The van der Waals surface area contributed by atoms with Gasteiger partial charge in [0.25, 0.3) is 0 Å². The van der Waals surface area contributed by atoms with Gasteiger partial charge in [0.15, 0.2) is 0 Å². The highest BCUT2D eigenvalue weighted by atomic mass is 32.1. The Morgan fingerprint density at radius 2 is 2.08 bits per heavy atom. The second-order valence-corrected chi connectivity index (χ2v) is 4.54. The number of aromatic nitrogens is 1. The van der Waals surface area contributed by atoms with Crippen LogP contribution in [-0.2, 0) is 0 Å². The Bertz CT molecular complexity index is 248. The molecule has 1 nitrogen and oxygen atoms in total. The molecule has 0 radical (unpaired) electrons. The Labute approximate surface area is 78.0 Å². The van der Waals surface area contributed by atoms with Crippen LogP contribution >= 0.6 is 11.5 Å². The first kappa shape index (κ1) is 8.24. The van der Waals surface area contributed by atoms with Crippen molar-refractivity contribution in [2.24, 2.45) is 0 Å². The lowest BCUT2D eigenvalue weighted by molar-refractivity contribution is 0.448. The van der Waals surface area contributed by atoms with Crippen LogP contribution in [0.1, 0.15) is 48.6 Å². The van der Waals surface area contributed by atoms with Gasteiger partial charge in [-0.2, -0.15) is 4.37 Å². The molecule has 0 spiro atoms. The summed E-state index contributed by atoms with van der Waals surface area (Å²) in [5.74, 6) is 0.838. The minimum atomic E-state index is 0.838. The van der Waals surface area contributed by atoms with E-state index in [9.17, 15) is 0 Å².